The molecule has 0 bridgehead atoms. The third kappa shape index (κ3) is 2.22. The predicted molar refractivity (Wildman–Crippen MR) is 80.7 cm³/mol. The minimum atomic E-state index is -0.463. The van der Waals surface area contributed by atoms with E-state index in [-0.39, 0.29) is 0 Å². The van der Waals surface area contributed by atoms with Crippen molar-refractivity contribution in [2.75, 3.05) is 11.4 Å². The number of fused-ring (bicyclic) bond motifs is 1. The average molecular weight is 295 g/mol. The Balaban J connectivity index is 1.64. The number of anilines is 1. The monoisotopic (exact) mass is 295 g/mol. The van der Waals surface area contributed by atoms with Crippen LogP contribution in [0.1, 0.15) is 5.82 Å². The summed E-state index contributed by atoms with van der Waals surface area (Å²) < 4.78 is 15.4. The highest BCUT2D eigenvalue weighted by Crippen LogP contribution is 2.23. The molecule has 2 aromatic heterocycles. The van der Waals surface area contributed by atoms with Crippen LogP contribution in [0.3, 0.4) is 0 Å². The largest absolute Gasteiger partial charge is 0.347 e. The Hall–Kier alpha value is -2.76. The molecule has 0 aliphatic carbocycles. The number of rotatable bonds is 2. The van der Waals surface area contributed by atoms with E-state index in [1.54, 1.807) is 6.07 Å². The molecule has 0 amide bonds. The number of hydrogen-bond donors (Lipinski definition) is 0. The summed E-state index contributed by atoms with van der Waals surface area (Å²) in [6, 6.07) is 14.8. The second-order valence-corrected chi connectivity index (χ2v) is 5.20. The number of nitrogens with zero attached hydrogens (tertiary/aromatic N) is 5. The third-order valence-corrected chi connectivity index (χ3v) is 3.81. The first-order valence-corrected chi connectivity index (χ1v) is 7.16. The van der Waals surface area contributed by atoms with Crippen molar-refractivity contribution in [2.24, 2.45) is 0 Å². The first-order chi connectivity index (χ1) is 10.8. The Morgan fingerprint density at radius 2 is 1.77 bits per heavy atom. The van der Waals surface area contributed by atoms with Crippen LogP contribution in [-0.4, -0.2) is 26.3 Å². The first-order valence-electron chi connectivity index (χ1n) is 7.16. The van der Waals surface area contributed by atoms with Crippen LogP contribution in [0, 0.1) is 5.95 Å². The van der Waals surface area contributed by atoms with Gasteiger partial charge in [-0.2, -0.15) is 4.39 Å². The van der Waals surface area contributed by atoms with Crippen LogP contribution in [0.5, 0.6) is 0 Å². The number of aromatic nitrogens is 4. The van der Waals surface area contributed by atoms with E-state index < -0.39 is 5.95 Å². The van der Waals surface area contributed by atoms with Gasteiger partial charge in [-0.1, -0.05) is 36.4 Å². The third-order valence-electron chi connectivity index (χ3n) is 3.81. The molecule has 0 radical (unpaired) electrons. The Labute approximate surface area is 127 Å². The van der Waals surface area contributed by atoms with E-state index in [1.165, 1.54) is 6.07 Å². The summed E-state index contributed by atoms with van der Waals surface area (Å²) >= 11 is 0. The lowest BCUT2D eigenvalue weighted by Gasteiger charge is -2.28. The summed E-state index contributed by atoms with van der Waals surface area (Å²) in [6.45, 7) is 2.09. The molecule has 4 rings (SSSR count). The normalized spacial score (nSPS) is 14.0. The van der Waals surface area contributed by atoms with Crippen molar-refractivity contribution in [2.45, 2.75) is 13.1 Å². The van der Waals surface area contributed by atoms with E-state index in [2.05, 4.69) is 19.7 Å². The second kappa shape index (κ2) is 5.22. The fourth-order valence-electron chi connectivity index (χ4n) is 2.73. The molecule has 3 aromatic rings. The van der Waals surface area contributed by atoms with Crippen LogP contribution in [0.2, 0.25) is 0 Å². The highest BCUT2D eigenvalue weighted by Gasteiger charge is 2.22. The zero-order chi connectivity index (χ0) is 14.9. The first kappa shape index (κ1) is 12.9. The molecular weight excluding hydrogens is 281 g/mol. The smallest absolute Gasteiger partial charge is 0.214 e. The number of hydrogen-bond acceptors (Lipinski definition) is 4. The lowest BCUT2D eigenvalue weighted by Crippen LogP contribution is -2.34. The molecule has 0 saturated heterocycles. The maximum atomic E-state index is 13.3. The minimum absolute atomic E-state index is 0.463. The van der Waals surface area contributed by atoms with Crippen molar-refractivity contribution in [3.63, 3.8) is 0 Å². The van der Waals surface area contributed by atoms with Crippen molar-refractivity contribution in [3.8, 4) is 11.4 Å². The Kier molecular flexibility index (Phi) is 3.07. The van der Waals surface area contributed by atoms with Crippen LogP contribution in [0.15, 0.2) is 48.5 Å². The predicted octanol–water partition coefficient (Wildman–Crippen LogP) is 2.50. The summed E-state index contributed by atoms with van der Waals surface area (Å²) in [4.78, 5) is 5.95. The Morgan fingerprint density at radius 1 is 0.909 bits per heavy atom. The van der Waals surface area contributed by atoms with Gasteiger partial charge in [-0.25, -0.2) is 4.98 Å². The highest BCUT2D eigenvalue weighted by atomic mass is 19.1. The molecule has 0 spiro atoms. The number of halogens is 1. The van der Waals surface area contributed by atoms with E-state index in [4.69, 9.17) is 0 Å². The van der Waals surface area contributed by atoms with Gasteiger partial charge in [0.25, 0.3) is 0 Å². The average Bonchev–Trinajstić information content (AvgIpc) is 2.99. The summed E-state index contributed by atoms with van der Waals surface area (Å²) in [5.41, 5.74) is 1.05. The lowest BCUT2D eigenvalue weighted by atomic mass is 10.2. The van der Waals surface area contributed by atoms with Gasteiger partial charge >= 0.3 is 0 Å². The summed E-state index contributed by atoms with van der Waals surface area (Å²) in [5.74, 6) is 1.92. The Morgan fingerprint density at radius 3 is 2.59 bits per heavy atom. The molecule has 0 atom stereocenters. The zero-order valence-corrected chi connectivity index (χ0v) is 11.9. The summed E-state index contributed by atoms with van der Waals surface area (Å²) in [5, 5.41) is 8.59. The molecule has 0 saturated carbocycles. The van der Waals surface area contributed by atoms with Gasteiger partial charge in [0.2, 0.25) is 5.95 Å². The van der Waals surface area contributed by atoms with Gasteiger partial charge in [-0.05, 0) is 12.1 Å². The molecule has 1 aliphatic heterocycles. The SMILES string of the molecule is Fc1cccc(N2CCn3c(nnc3-c3ccccc3)C2)n1. The number of benzene rings is 1. The quantitative estimate of drug-likeness (QED) is 0.682. The highest BCUT2D eigenvalue weighted by molar-refractivity contribution is 5.55. The number of pyridine rings is 1. The van der Waals surface area contributed by atoms with Crippen LogP contribution in [0.4, 0.5) is 10.2 Å². The van der Waals surface area contributed by atoms with E-state index >= 15 is 0 Å². The molecule has 110 valence electrons. The van der Waals surface area contributed by atoms with E-state index in [0.29, 0.717) is 12.4 Å². The van der Waals surface area contributed by atoms with Gasteiger partial charge in [-0.15, -0.1) is 10.2 Å². The minimum Gasteiger partial charge on any atom is -0.347 e. The lowest BCUT2D eigenvalue weighted by molar-refractivity contribution is 0.545. The molecule has 0 fully saturated rings. The summed E-state index contributed by atoms with van der Waals surface area (Å²) in [6.07, 6.45) is 0. The Bertz CT molecular complexity index is 799. The molecule has 5 nitrogen and oxygen atoms in total. The van der Waals surface area contributed by atoms with Crippen LogP contribution < -0.4 is 4.90 Å². The fourth-order valence-corrected chi connectivity index (χ4v) is 2.73. The van der Waals surface area contributed by atoms with Crippen molar-refractivity contribution in [1.29, 1.82) is 0 Å². The van der Waals surface area contributed by atoms with E-state index in [0.717, 1.165) is 30.3 Å². The van der Waals surface area contributed by atoms with Crippen LogP contribution in [0.25, 0.3) is 11.4 Å². The zero-order valence-electron chi connectivity index (χ0n) is 11.9. The maximum absolute atomic E-state index is 13.3. The second-order valence-electron chi connectivity index (χ2n) is 5.20. The molecule has 0 unspecified atom stereocenters. The van der Waals surface area contributed by atoms with Gasteiger partial charge in [0.05, 0.1) is 6.54 Å². The maximum Gasteiger partial charge on any atom is 0.214 e. The van der Waals surface area contributed by atoms with Crippen molar-refractivity contribution >= 4 is 5.82 Å². The van der Waals surface area contributed by atoms with Gasteiger partial charge < -0.3 is 9.47 Å². The van der Waals surface area contributed by atoms with Gasteiger partial charge in [-0.3, -0.25) is 0 Å². The van der Waals surface area contributed by atoms with Crippen molar-refractivity contribution in [1.82, 2.24) is 19.7 Å². The van der Waals surface area contributed by atoms with Gasteiger partial charge in [0, 0.05) is 18.7 Å². The topological polar surface area (TPSA) is 46.8 Å². The molecule has 1 aromatic carbocycles. The molecule has 22 heavy (non-hydrogen) atoms. The molecule has 3 heterocycles. The van der Waals surface area contributed by atoms with Crippen molar-refractivity contribution in [3.05, 3.63) is 60.3 Å². The molecular formula is C16H14FN5. The van der Waals surface area contributed by atoms with E-state index in [1.807, 2.05) is 41.3 Å². The standard InChI is InChI=1S/C16H14FN5/c17-13-7-4-8-14(18-13)21-9-10-22-15(11-21)19-20-16(22)12-5-2-1-3-6-12/h1-8H,9-11H2. The van der Waals surface area contributed by atoms with E-state index in [9.17, 15) is 4.39 Å². The molecule has 1 aliphatic rings. The molecule has 0 N–H and O–H groups in total. The molecule has 6 heteroatoms. The summed E-state index contributed by atoms with van der Waals surface area (Å²) in [7, 11) is 0. The van der Waals surface area contributed by atoms with Crippen LogP contribution >= 0.6 is 0 Å². The van der Waals surface area contributed by atoms with Gasteiger partial charge in [0.15, 0.2) is 11.6 Å². The van der Waals surface area contributed by atoms with Crippen molar-refractivity contribution < 1.29 is 4.39 Å². The van der Waals surface area contributed by atoms with Gasteiger partial charge in [0.1, 0.15) is 5.82 Å². The fraction of sp³-hybridized carbons (Fsp3) is 0.188. The van der Waals surface area contributed by atoms with Crippen LogP contribution in [-0.2, 0) is 13.1 Å².